The zero-order valence-corrected chi connectivity index (χ0v) is 9.69. The lowest BCUT2D eigenvalue weighted by Crippen LogP contribution is -2.07. The maximum absolute atomic E-state index is 4.49. The highest BCUT2D eigenvalue weighted by molar-refractivity contribution is 14.1. The van der Waals surface area contributed by atoms with Crippen molar-refractivity contribution in [2.24, 2.45) is 0 Å². The van der Waals surface area contributed by atoms with Crippen LogP contribution in [0.15, 0.2) is 24.3 Å². The van der Waals surface area contributed by atoms with Gasteiger partial charge in [-0.15, -0.1) is 0 Å². The second-order valence-electron chi connectivity index (χ2n) is 3.07. The van der Waals surface area contributed by atoms with E-state index in [4.69, 9.17) is 0 Å². The minimum atomic E-state index is -0.0266. The minimum Gasteiger partial charge on any atom is -0.168 e. The van der Waals surface area contributed by atoms with Gasteiger partial charge in [0.25, 0.3) is 0 Å². The maximum atomic E-state index is 4.49. The molecule has 0 saturated heterocycles. The maximum Gasteiger partial charge on any atom is 0.0322 e. The first-order valence-corrected chi connectivity index (χ1v) is 5.01. The monoisotopic (exact) mass is 278 g/mol. The van der Waals surface area contributed by atoms with E-state index in [1.165, 1.54) is 9.13 Å². The standard InChI is InChI=1S/C9H11IS/c1-9(2,11)7-4-3-5-8(10)6-7/h3-6,11H,1-2H3. The summed E-state index contributed by atoms with van der Waals surface area (Å²) in [6.45, 7) is 4.20. The van der Waals surface area contributed by atoms with Gasteiger partial charge in [0, 0.05) is 8.32 Å². The molecule has 0 spiro atoms. The molecule has 0 nitrogen and oxygen atoms in total. The smallest absolute Gasteiger partial charge is 0.0322 e. The van der Waals surface area contributed by atoms with Crippen molar-refractivity contribution in [3.05, 3.63) is 33.4 Å². The molecular formula is C9H11IS. The van der Waals surface area contributed by atoms with Crippen molar-refractivity contribution in [1.82, 2.24) is 0 Å². The van der Waals surface area contributed by atoms with Crippen LogP contribution in [0.2, 0.25) is 0 Å². The molecule has 60 valence electrons. The lowest BCUT2D eigenvalue weighted by Gasteiger charge is -2.17. The van der Waals surface area contributed by atoms with Gasteiger partial charge < -0.3 is 0 Å². The predicted molar refractivity (Wildman–Crippen MR) is 61.2 cm³/mol. The van der Waals surface area contributed by atoms with Crippen LogP contribution in [0.4, 0.5) is 0 Å². The molecule has 0 N–H and O–H groups in total. The lowest BCUT2D eigenvalue weighted by atomic mass is 10.0. The van der Waals surface area contributed by atoms with E-state index in [-0.39, 0.29) is 4.75 Å². The molecule has 0 atom stereocenters. The van der Waals surface area contributed by atoms with Crippen molar-refractivity contribution < 1.29 is 0 Å². The Kier molecular flexibility index (Phi) is 2.86. The van der Waals surface area contributed by atoms with Crippen molar-refractivity contribution in [3.63, 3.8) is 0 Å². The number of rotatable bonds is 1. The first kappa shape index (κ1) is 9.39. The fraction of sp³-hybridized carbons (Fsp3) is 0.333. The summed E-state index contributed by atoms with van der Waals surface area (Å²) in [5.74, 6) is 0. The molecule has 2 heteroatoms. The summed E-state index contributed by atoms with van der Waals surface area (Å²) in [6.07, 6.45) is 0. The highest BCUT2D eigenvalue weighted by atomic mass is 127. The van der Waals surface area contributed by atoms with E-state index in [0.29, 0.717) is 0 Å². The van der Waals surface area contributed by atoms with Crippen LogP contribution in [0.1, 0.15) is 19.4 Å². The van der Waals surface area contributed by atoms with Gasteiger partial charge in [-0.2, -0.15) is 12.6 Å². The van der Waals surface area contributed by atoms with E-state index in [0.717, 1.165) is 0 Å². The molecule has 0 fully saturated rings. The number of thiol groups is 1. The van der Waals surface area contributed by atoms with Crippen LogP contribution < -0.4 is 0 Å². The van der Waals surface area contributed by atoms with Gasteiger partial charge in [-0.25, -0.2) is 0 Å². The molecule has 11 heavy (non-hydrogen) atoms. The van der Waals surface area contributed by atoms with Crippen LogP contribution in [-0.2, 0) is 4.75 Å². The van der Waals surface area contributed by atoms with Crippen LogP contribution >= 0.6 is 35.2 Å². The number of hydrogen-bond donors (Lipinski definition) is 1. The summed E-state index contributed by atoms with van der Waals surface area (Å²) in [6, 6.07) is 8.42. The van der Waals surface area contributed by atoms with Crippen LogP contribution in [0.25, 0.3) is 0 Å². The van der Waals surface area contributed by atoms with Gasteiger partial charge in [0.15, 0.2) is 0 Å². The van der Waals surface area contributed by atoms with E-state index >= 15 is 0 Å². The summed E-state index contributed by atoms with van der Waals surface area (Å²) in [4.78, 5) is 0. The third-order valence-corrected chi connectivity index (χ3v) is 2.46. The molecule has 1 aromatic rings. The second kappa shape index (κ2) is 3.35. The summed E-state index contributed by atoms with van der Waals surface area (Å²) in [5, 5.41) is 0. The summed E-state index contributed by atoms with van der Waals surface area (Å²) >= 11 is 6.80. The molecule has 0 heterocycles. The second-order valence-corrected chi connectivity index (χ2v) is 5.43. The Bertz CT molecular complexity index is 250. The van der Waals surface area contributed by atoms with Gasteiger partial charge in [-0.05, 0) is 54.1 Å². The first-order chi connectivity index (χ1) is 5.00. The Labute approximate surface area is 86.9 Å². The molecule has 0 radical (unpaired) electrons. The quantitative estimate of drug-likeness (QED) is 0.590. The Hall–Kier alpha value is 0.300. The van der Waals surface area contributed by atoms with Crippen LogP contribution in [-0.4, -0.2) is 0 Å². The molecule has 0 aliphatic heterocycles. The minimum absolute atomic E-state index is 0.0266. The molecule has 0 aromatic heterocycles. The van der Waals surface area contributed by atoms with E-state index < -0.39 is 0 Å². The first-order valence-electron chi connectivity index (χ1n) is 3.48. The van der Waals surface area contributed by atoms with E-state index in [1.807, 2.05) is 0 Å². The molecule has 0 bridgehead atoms. The summed E-state index contributed by atoms with van der Waals surface area (Å²) < 4.78 is 1.24. The van der Waals surface area contributed by atoms with Gasteiger partial charge in [0.05, 0.1) is 0 Å². The lowest BCUT2D eigenvalue weighted by molar-refractivity contribution is 0.790. The van der Waals surface area contributed by atoms with E-state index in [2.05, 4.69) is 73.3 Å². The largest absolute Gasteiger partial charge is 0.168 e. The predicted octanol–water partition coefficient (Wildman–Crippen LogP) is 3.46. The third kappa shape index (κ3) is 2.67. The summed E-state index contributed by atoms with van der Waals surface area (Å²) in [5.41, 5.74) is 1.27. The van der Waals surface area contributed by atoms with Crippen molar-refractivity contribution in [3.8, 4) is 0 Å². The zero-order chi connectivity index (χ0) is 8.48. The molecule has 1 aromatic carbocycles. The van der Waals surface area contributed by atoms with Crippen molar-refractivity contribution in [2.75, 3.05) is 0 Å². The van der Waals surface area contributed by atoms with Gasteiger partial charge >= 0.3 is 0 Å². The Balaban J connectivity index is 3.06. The molecule has 0 unspecified atom stereocenters. The number of halogens is 1. The third-order valence-electron chi connectivity index (χ3n) is 1.53. The van der Waals surface area contributed by atoms with Crippen molar-refractivity contribution in [1.29, 1.82) is 0 Å². The molecule has 0 aliphatic rings. The Morgan fingerprint density at radius 2 is 2.00 bits per heavy atom. The zero-order valence-electron chi connectivity index (χ0n) is 6.63. The summed E-state index contributed by atoms with van der Waals surface area (Å²) in [7, 11) is 0. The van der Waals surface area contributed by atoms with Gasteiger partial charge in [-0.3, -0.25) is 0 Å². The van der Waals surface area contributed by atoms with Gasteiger partial charge in [-0.1, -0.05) is 12.1 Å². The average Bonchev–Trinajstić information content (AvgIpc) is 1.86. The Morgan fingerprint density at radius 1 is 1.36 bits per heavy atom. The average molecular weight is 278 g/mol. The highest BCUT2D eigenvalue weighted by Gasteiger charge is 2.13. The molecule has 0 aliphatic carbocycles. The SMILES string of the molecule is CC(C)(S)c1cccc(I)c1. The fourth-order valence-corrected chi connectivity index (χ4v) is 1.55. The van der Waals surface area contributed by atoms with Crippen molar-refractivity contribution in [2.45, 2.75) is 18.6 Å². The van der Waals surface area contributed by atoms with Gasteiger partial charge in [0.1, 0.15) is 0 Å². The molecule has 0 saturated carbocycles. The van der Waals surface area contributed by atoms with Crippen LogP contribution in [0.3, 0.4) is 0 Å². The van der Waals surface area contributed by atoms with E-state index in [9.17, 15) is 0 Å². The van der Waals surface area contributed by atoms with Crippen LogP contribution in [0.5, 0.6) is 0 Å². The molecule has 1 rings (SSSR count). The molecular weight excluding hydrogens is 267 g/mol. The highest BCUT2D eigenvalue weighted by Crippen LogP contribution is 2.27. The molecule has 0 amide bonds. The van der Waals surface area contributed by atoms with Gasteiger partial charge in [0.2, 0.25) is 0 Å². The Morgan fingerprint density at radius 3 is 2.36 bits per heavy atom. The normalized spacial score (nSPS) is 11.6. The van der Waals surface area contributed by atoms with Crippen molar-refractivity contribution >= 4 is 35.2 Å². The fourth-order valence-electron chi connectivity index (χ4n) is 0.869. The number of benzene rings is 1. The van der Waals surface area contributed by atoms with E-state index in [1.54, 1.807) is 0 Å². The topological polar surface area (TPSA) is 0 Å². The number of hydrogen-bond acceptors (Lipinski definition) is 1. The van der Waals surface area contributed by atoms with Crippen LogP contribution in [0, 0.1) is 3.57 Å².